The van der Waals surface area contributed by atoms with Crippen LogP contribution in [0.3, 0.4) is 0 Å². The van der Waals surface area contributed by atoms with Crippen LogP contribution in [0.25, 0.3) is 0 Å². The van der Waals surface area contributed by atoms with Crippen molar-refractivity contribution in [1.82, 2.24) is 24.6 Å². The van der Waals surface area contributed by atoms with Crippen molar-refractivity contribution in [2.75, 3.05) is 31.1 Å². The summed E-state index contributed by atoms with van der Waals surface area (Å²) in [6, 6.07) is 0. The van der Waals surface area contributed by atoms with Gasteiger partial charge in [-0.05, 0) is 0 Å². The van der Waals surface area contributed by atoms with Crippen LogP contribution in [-0.2, 0) is 17.5 Å². The van der Waals surface area contributed by atoms with Crippen LogP contribution < -0.4 is 4.90 Å². The molecule has 0 aromatic carbocycles. The third kappa shape index (κ3) is 3.60. The molecule has 0 N–H and O–H groups in total. The molecule has 1 fully saturated rings. The van der Waals surface area contributed by atoms with Crippen LogP contribution in [0.15, 0.2) is 18.9 Å². The lowest BCUT2D eigenvalue weighted by atomic mass is 10.3. The second kappa shape index (κ2) is 6.14. The van der Waals surface area contributed by atoms with Crippen molar-refractivity contribution < 1.29 is 18.0 Å². The van der Waals surface area contributed by atoms with Crippen LogP contribution >= 0.6 is 11.3 Å². The average molecular weight is 346 g/mol. The summed E-state index contributed by atoms with van der Waals surface area (Å²) in [6.07, 6.45) is -0.365. The normalized spacial score (nSPS) is 16.0. The molecular weight excluding hydrogens is 333 g/mol. The summed E-state index contributed by atoms with van der Waals surface area (Å²) in [5.41, 5.74) is 0. The molecule has 0 saturated carbocycles. The summed E-state index contributed by atoms with van der Waals surface area (Å²) in [4.78, 5) is 22.8. The second-order valence-corrected chi connectivity index (χ2v) is 5.97. The van der Waals surface area contributed by atoms with Crippen LogP contribution in [0, 0.1) is 0 Å². The van der Waals surface area contributed by atoms with Gasteiger partial charge in [0.1, 0.15) is 24.2 Å². The van der Waals surface area contributed by atoms with Gasteiger partial charge in [0.15, 0.2) is 5.01 Å². The number of halogens is 3. The first-order valence-corrected chi connectivity index (χ1v) is 7.63. The maximum Gasteiger partial charge on any atom is 0.443 e. The maximum absolute atomic E-state index is 12.6. The molecule has 3 rings (SSSR count). The number of piperazine rings is 1. The molecule has 0 radical (unpaired) electrons. The molecule has 0 unspecified atom stereocenters. The van der Waals surface area contributed by atoms with E-state index in [1.54, 1.807) is 4.90 Å². The summed E-state index contributed by atoms with van der Waals surface area (Å²) in [5, 5.41) is 3.50. The first-order chi connectivity index (χ1) is 10.9. The van der Waals surface area contributed by atoms with E-state index in [0.717, 1.165) is 0 Å². The van der Waals surface area contributed by atoms with Gasteiger partial charge in [-0.1, -0.05) is 11.3 Å². The van der Waals surface area contributed by atoms with E-state index in [4.69, 9.17) is 0 Å². The van der Waals surface area contributed by atoms with Crippen molar-refractivity contribution in [3.05, 3.63) is 23.9 Å². The molecule has 1 aliphatic heterocycles. The lowest BCUT2D eigenvalue weighted by Crippen LogP contribution is -2.49. The zero-order valence-electron chi connectivity index (χ0n) is 11.9. The number of nitrogens with zero attached hydrogens (tertiary/aromatic N) is 6. The maximum atomic E-state index is 12.6. The quantitative estimate of drug-likeness (QED) is 0.833. The summed E-state index contributed by atoms with van der Waals surface area (Å²) >= 11 is 0.624. The Labute approximate surface area is 133 Å². The monoisotopic (exact) mass is 346 g/mol. The van der Waals surface area contributed by atoms with Crippen LogP contribution in [0.4, 0.5) is 18.2 Å². The van der Waals surface area contributed by atoms with E-state index in [1.807, 2.05) is 4.90 Å². The summed E-state index contributed by atoms with van der Waals surface area (Å²) in [6.45, 7) is 1.96. The Morgan fingerprint density at radius 2 is 2.00 bits per heavy atom. The fourth-order valence-electron chi connectivity index (χ4n) is 2.27. The fourth-order valence-corrected chi connectivity index (χ4v) is 3.11. The van der Waals surface area contributed by atoms with Crippen molar-refractivity contribution in [2.24, 2.45) is 0 Å². The van der Waals surface area contributed by atoms with Gasteiger partial charge in [0.25, 0.3) is 0 Å². The first-order valence-electron chi connectivity index (χ1n) is 6.81. The number of hydrogen-bond acceptors (Lipinski definition) is 6. The van der Waals surface area contributed by atoms with E-state index >= 15 is 0 Å². The van der Waals surface area contributed by atoms with Crippen LogP contribution in [0.5, 0.6) is 0 Å². The zero-order valence-corrected chi connectivity index (χ0v) is 12.7. The Kier molecular flexibility index (Phi) is 4.20. The number of alkyl halides is 3. The molecule has 1 amide bonds. The summed E-state index contributed by atoms with van der Waals surface area (Å²) < 4.78 is 39.2. The van der Waals surface area contributed by atoms with Gasteiger partial charge < -0.3 is 9.80 Å². The third-order valence-corrected chi connectivity index (χ3v) is 4.55. The molecule has 11 heteroatoms. The van der Waals surface area contributed by atoms with E-state index in [9.17, 15) is 18.0 Å². The highest BCUT2D eigenvalue weighted by atomic mass is 32.1. The molecule has 0 bridgehead atoms. The molecule has 3 heterocycles. The van der Waals surface area contributed by atoms with Crippen molar-refractivity contribution in [1.29, 1.82) is 0 Å². The predicted octanol–water partition coefficient (Wildman–Crippen LogP) is 1.10. The van der Waals surface area contributed by atoms with Crippen LogP contribution in [0.2, 0.25) is 0 Å². The van der Waals surface area contributed by atoms with Gasteiger partial charge in [-0.3, -0.25) is 4.79 Å². The van der Waals surface area contributed by atoms with Gasteiger partial charge in [-0.15, -0.1) is 0 Å². The lowest BCUT2D eigenvalue weighted by molar-refractivity contribution is -0.137. The standard InChI is InChI=1S/C12H13F3N6OS/c13-12(14,15)11-17-5-10(23-11)20-3-1-19(2-4-20)9(22)6-21-8-16-7-18-21/h5,7-8H,1-4,6H2. The minimum absolute atomic E-state index is 0.0876. The Balaban J connectivity index is 1.56. The molecular formula is C12H13F3N6OS. The van der Waals surface area contributed by atoms with Gasteiger partial charge in [0.2, 0.25) is 5.91 Å². The molecule has 23 heavy (non-hydrogen) atoms. The Bertz CT molecular complexity index is 663. The smallest absolute Gasteiger partial charge is 0.359 e. The van der Waals surface area contributed by atoms with Gasteiger partial charge in [0.05, 0.1) is 6.20 Å². The van der Waals surface area contributed by atoms with E-state index in [-0.39, 0.29) is 12.5 Å². The van der Waals surface area contributed by atoms with E-state index in [2.05, 4.69) is 15.1 Å². The molecule has 124 valence electrons. The van der Waals surface area contributed by atoms with E-state index in [0.29, 0.717) is 42.5 Å². The predicted molar refractivity (Wildman–Crippen MR) is 75.9 cm³/mol. The number of carbonyl (C=O) groups is 1. The number of thiazole rings is 1. The van der Waals surface area contributed by atoms with Crippen LogP contribution in [0.1, 0.15) is 5.01 Å². The molecule has 2 aromatic heterocycles. The number of anilines is 1. The Morgan fingerprint density at radius 3 is 2.57 bits per heavy atom. The molecule has 1 aliphatic rings. The highest BCUT2D eigenvalue weighted by molar-refractivity contribution is 7.15. The largest absolute Gasteiger partial charge is 0.443 e. The third-order valence-electron chi connectivity index (χ3n) is 3.44. The fraction of sp³-hybridized carbons (Fsp3) is 0.500. The number of aromatic nitrogens is 4. The number of rotatable bonds is 3. The lowest BCUT2D eigenvalue weighted by Gasteiger charge is -2.35. The highest BCUT2D eigenvalue weighted by Gasteiger charge is 2.35. The van der Waals surface area contributed by atoms with E-state index in [1.165, 1.54) is 23.5 Å². The summed E-state index contributed by atoms with van der Waals surface area (Å²) in [5.74, 6) is -0.0876. The number of hydrogen-bond donors (Lipinski definition) is 0. The molecule has 7 nitrogen and oxygen atoms in total. The summed E-state index contributed by atoms with van der Waals surface area (Å²) in [7, 11) is 0. The zero-order chi connectivity index (χ0) is 16.4. The van der Waals surface area contributed by atoms with Gasteiger partial charge >= 0.3 is 6.18 Å². The topological polar surface area (TPSA) is 67.2 Å². The number of carbonyl (C=O) groups excluding carboxylic acids is 1. The van der Waals surface area contributed by atoms with Crippen LogP contribution in [-0.4, -0.2) is 56.7 Å². The van der Waals surface area contributed by atoms with Crippen molar-refractivity contribution in [3.63, 3.8) is 0 Å². The van der Waals surface area contributed by atoms with E-state index < -0.39 is 11.2 Å². The molecule has 0 spiro atoms. The highest BCUT2D eigenvalue weighted by Crippen LogP contribution is 2.36. The molecule has 0 atom stereocenters. The Hall–Kier alpha value is -2.17. The SMILES string of the molecule is O=C(Cn1cncn1)N1CCN(c2cnc(C(F)(F)F)s2)CC1. The van der Waals surface area contributed by atoms with Gasteiger partial charge in [0, 0.05) is 26.2 Å². The van der Waals surface area contributed by atoms with Gasteiger partial charge in [-0.2, -0.15) is 18.3 Å². The van der Waals surface area contributed by atoms with Gasteiger partial charge in [-0.25, -0.2) is 14.6 Å². The van der Waals surface area contributed by atoms with Crippen molar-refractivity contribution in [3.8, 4) is 0 Å². The number of amides is 1. The van der Waals surface area contributed by atoms with Crippen molar-refractivity contribution in [2.45, 2.75) is 12.7 Å². The molecule has 0 aliphatic carbocycles. The Morgan fingerprint density at radius 1 is 1.26 bits per heavy atom. The molecule has 1 saturated heterocycles. The first kappa shape index (κ1) is 15.7. The van der Waals surface area contributed by atoms with Crippen molar-refractivity contribution >= 4 is 22.2 Å². The minimum atomic E-state index is -4.42. The second-order valence-electron chi connectivity index (χ2n) is 4.96. The molecule has 2 aromatic rings. The average Bonchev–Trinajstić information content (AvgIpc) is 3.18. The minimum Gasteiger partial charge on any atom is -0.359 e.